The molecule has 0 saturated heterocycles. The lowest BCUT2D eigenvalue weighted by Gasteiger charge is -2.42. The molecule has 0 amide bonds. The normalized spacial score (nSPS) is 18.0. The summed E-state index contributed by atoms with van der Waals surface area (Å²) >= 11 is 0. The summed E-state index contributed by atoms with van der Waals surface area (Å²) in [6.45, 7) is 13.4. The fourth-order valence-corrected chi connectivity index (χ4v) is 4.37. The van der Waals surface area contributed by atoms with E-state index in [1.54, 1.807) is 0 Å². The van der Waals surface area contributed by atoms with Crippen molar-refractivity contribution in [3.63, 3.8) is 0 Å². The second kappa shape index (κ2) is 11.0. The van der Waals surface area contributed by atoms with Crippen molar-refractivity contribution < 1.29 is 19.7 Å². The van der Waals surface area contributed by atoms with Gasteiger partial charge >= 0.3 is 5.97 Å². The maximum Gasteiger partial charge on any atom is 0.336 e. The van der Waals surface area contributed by atoms with Crippen molar-refractivity contribution in [3.05, 3.63) is 58.7 Å². The molecule has 4 nitrogen and oxygen atoms in total. The number of aliphatic hydroxyl groups is 1. The maximum atomic E-state index is 12.4. The van der Waals surface area contributed by atoms with Crippen LogP contribution in [0.3, 0.4) is 0 Å². The number of hydrogen-bond acceptors (Lipinski definition) is 3. The predicted octanol–water partition coefficient (Wildman–Crippen LogP) is 6.57. The Morgan fingerprint density at radius 2 is 1.66 bits per heavy atom. The van der Waals surface area contributed by atoms with E-state index < -0.39 is 5.97 Å². The van der Waals surface area contributed by atoms with Crippen LogP contribution in [0.1, 0.15) is 90.3 Å². The molecule has 0 atom stereocenters. The Bertz CT molecular complexity index is 900. The van der Waals surface area contributed by atoms with Crippen molar-refractivity contribution in [3.8, 4) is 5.75 Å². The average Bonchev–Trinajstić information content (AvgIpc) is 2.72. The number of carboxylic acids is 1. The highest BCUT2D eigenvalue weighted by atomic mass is 16.5. The van der Waals surface area contributed by atoms with Crippen LogP contribution in [0.2, 0.25) is 0 Å². The average molecular weight is 441 g/mol. The second-order valence-corrected chi connectivity index (χ2v) is 10.0. The lowest BCUT2D eigenvalue weighted by Crippen LogP contribution is -2.34. The van der Waals surface area contributed by atoms with Crippen LogP contribution in [-0.4, -0.2) is 29.4 Å². The first-order chi connectivity index (χ1) is 15.0. The molecule has 0 spiro atoms. The highest BCUT2D eigenvalue weighted by Gasteiger charge is 2.38. The summed E-state index contributed by atoms with van der Waals surface area (Å²) in [4.78, 5) is 12.4. The topological polar surface area (TPSA) is 66.8 Å². The Morgan fingerprint density at radius 1 is 1.03 bits per heavy atom. The first kappa shape index (κ1) is 25.9. The summed E-state index contributed by atoms with van der Waals surface area (Å²) in [5, 5.41) is 19.2. The van der Waals surface area contributed by atoms with Gasteiger partial charge in [-0.05, 0) is 85.6 Å². The molecule has 0 saturated carbocycles. The van der Waals surface area contributed by atoms with Crippen molar-refractivity contribution in [1.82, 2.24) is 0 Å². The Morgan fingerprint density at radius 3 is 2.22 bits per heavy atom. The van der Waals surface area contributed by atoms with E-state index in [2.05, 4.69) is 39.8 Å². The fraction of sp³-hybridized carbons (Fsp3) is 0.536. The minimum Gasteiger partial charge on any atom is -0.493 e. The number of aliphatic carboxylic acids is 1. The summed E-state index contributed by atoms with van der Waals surface area (Å²) in [7, 11) is 0. The minimum atomic E-state index is -0.953. The quantitative estimate of drug-likeness (QED) is 0.245. The number of allylic oxidation sites excluding steroid dienone is 5. The summed E-state index contributed by atoms with van der Waals surface area (Å²) in [6.07, 6.45) is 12.1. The highest BCUT2D eigenvalue weighted by Crippen LogP contribution is 2.48. The van der Waals surface area contributed by atoms with Gasteiger partial charge in [-0.3, -0.25) is 0 Å². The van der Waals surface area contributed by atoms with Gasteiger partial charge in [-0.25, -0.2) is 4.79 Å². The zero-order valence-corrected chi connectivity index (χ0v) is 20.6. The van der Waals surface area contributed by atoms with Gasteiger partial charge in [0.1, 0.15) is 5.75 Å². The van der Waals surface area contributed by atoms with Crippen molar-refractivity contribution in [2.24, 2.45) is 0 Å². The third-order valence-electron chi connectivity index (χ3n) is 6.54. The van der Waals surface area contributed by atoms with Crippen LogP contribution >= 0.6 is 0 Å². The van der Waals surface area contributed by atoms with E-state index in [1.165, 1.54) is 11.1 Å². The lowest BCUT2D eigenvalue weighted by atomic mass is 9.62. The molecule has 0 fully saturated rings. The molecule has 0 radical (unpaired) electrons. The standard InChI is InChI=1S/C28H40O4/c1-7-8-10-13-20(2)25(26(30)31)21-18-22-23(28(5,6)15-14-27(22,3)4)19-24(21)32-17-12-9-11-16-29/h7-8,10,13,18-19,29H,9,11-12,14-17H2,1-6H3,(H,30,31). The van der Waals surface area contributed by atoms with Gasteiger partial charge in [0.05, 0.1) is 12.2 Å². The molecule has 0 unspecified atom stereocenters. The summed E-state index contributed by atoms with van der Waals surface area (Å²) in [5.41, 5.74) is 4.04. The molecule has 0 aliphatic heterocycles. The van der Waals surface area contributed by atoms with Crippen LogP contribution in [-0.2, 0) is 15.6 Å². The zero-order valence-electron chi connectivity index (χ0n) is 20.6. The molecule has 1 aromatic carbocycles. The molecule has 0 bridgehead atoms. The van der Waals surface area contributed by atoms with Crippen molar-refractivity contribution in [2.75, 3.05) is 13.2 Å². The van der Waals surface area contributed by atoms with Crippen molar-refractivity contribution in [2.45, 2.75) is 84.5 Å². The summed E-state index contributed by atoms with van der Waals surface area (Å²) in [5.74, 6) is -0.319. The number of unbranched alkanes of at least 4 members (excludes halogenated alkanes) is 2. The third kappa shape index (κ3) is 6.13. The van der Waals surface area contributed by atoms with E-state index in [0.29, 0.717) is 23.5 Å². The molecule has 0 heterocycles. The SMILES string of the molecule is CC=CC=CC(C)=C(C(=O)O)c1cc2c(cc1OCCCCCO)C(C)(C)CCC2(C)C. The molecule has 0 aromatic heterocycles. The summed E-state index contributed by atoms with van der Waals surface area (Å²) in [6, 6.07) is 4.15. The van der Waals surface area contributed by atoms with Crippen LogP contribution in [0, 0.1) is 0 Å². The first-order valence-corrected chi connectivity index (χ1v) is 11.7. The lowest BCUT2D eigenvalue weighted by molar-refractivity contribution is -0.130. The summed E-state index contributed by atoms with van der Waals surface area (Å²) < 4.78 is 6.20. The molecular formula is C28H40O4. The molecule has 4 heteroatoms. The number of aliphatic hydroxyl groups excluding tert-OH is 1. The Balaban J connectivity index is 2.66. The van der Waals surface area contributed by atoms with Crippen LogP contribution in [0.5, 0.6) is 5.75 Å². The molecule has 1 aromatic rings. The molecule has 32 heavy (non-hydrogen) atoms. The number of carbonyl (C=O) groups is 1. The Hall–Kier alpha value is -2.33. The van der Waals surface area contributed by atoms with E-state index in [1.807, 2.05) is 38.2 Å². The molecule has 2 N–H and O–H groups in total. The number of ether oxygens (including phenoxy) is 1. The van der Waals surface area contributed by atoms with Gasteiger partial charge in [0.2, 0.25) is 0 Å². The zero-order chi connectivity index (χ0) is 23.9. The van der Waals surface area contributed by atoms with Crippen molar-refractivity contribution in [1.29, 1.82) is 0 Å². The number of fused-ring (bicyclic) bond motifs is 1. The Kier molecular flexibility index (Phi) is 8.91. The Labute approximate surface area is 193 Å². The number of rotatable bonds is 10. The molecular weight excluding hydrogens is 400 g/mol. The van der Waals surface area contributed by atoms with Crippen LogP contribution in [0.15, 0.2) is 42.0 Å². The van der Waals surface area contributed by atoms with E-state index in [9.17, 15) is 9.90 Å². The van der Waals surface area contributed by atoms with Gasteiger partial charge in [-0.1, -0.05) is 52.0 Å². The van der Waals surface area contributed by atoms with Gasteiger partial charge in [-0.2, -0.15) is 0 Å². The van der Waals surface area contributed by atoms with E-state index in [-0.39, 0.29) is 23.0 Å². The van der Waals surface area contributed by atoms with Crippen LogP contribution in [0.4, 0.5) is 0 Å². The van der Waals surface area contributed by atoms with E-state index in [4.69, 9.17) is 9.84 Å². The van der Waals surface area contributed by atoms with Gasteiger partial charge in [0.25, 0.3) is 0 Å². The third-order valence-corrected chi connectivity index (χ3v) is 6.54. The van der Waals surface area contributed by atoms with Gasteiger partial charge in [-0.15, -0.1) is 0 Å². The van der Waals surface area contributed by atoms with Crippen LogP contribution in [0.25, 0.3) is 5.57 Å². The molecule has 2 rings (SSSR count). The van der Waals surface area contributed by atoms with E-state index >= 15 is 0 Å². The van der Waals surface area contributed by atoms with E-state index in [0.717, 1.165) is 32.1 Å². The van der Waals surface area contributed by atoms with Crippen molar-refractivity contribution >= 4 is 11.5 Å². The van der Waals surface area contributed by atoms with Gasteiger partial charge < -0.3 is 14.9 Å². The minimum absolute atomic E-state index is 0.00630. The first-order valence-electron chi connectivity index (χ1n) is 11.7. The highest BCUT2D eigenvalue weighted by molar-refractivity contribution is 6.17. The number of carboxylic acid groups (broad SMARTS) is 1. The monoisotopic (exact) mass is 440 g/mol. The molecule has 176 valence electrons. The van der Waals surface area contributed by atoms with Gasteiger partial charge in [0, 0.05) is 12.2 Å². The molecule has 1 aliphatic rings. The number of hydrogen-bond donors (Lipinski definition) is 2. The maximum absolute atomic E-state index is 12.4. The second-order valence-electron chi connectivity index (χ2n) is 10.0. The fourth-order valence-electron chi connectivity index (χ4n) is 4.37. The largest absolute Gasteiger partial charge is 0.493 e. The predicted molar refractivity (Wildman–Crippen MR) is 132 cm³/mol. The number of benzene rings is 1. The smallest absolute Gasteiger partial charge is 0.336 e. The van der Waals surface area contributed by atoms with Crippen LogP contribution < -0.4 is 4.74 Å². The van der Waals surface area contributed by atoms with Gasteiger partial charge in [0.15, 0.2) is 0 Å². The molecule has 1 aliphatic carbocycles.